The highest BCUT2D eigenvalue weighted by atomic mass is 79.9. The van der Waals surface area contributed by atoms with Gasteiger partial charge >= 0.3 is 0 Å². The molecule has 170 valence electrons. The molecule has 29 heavy (non-hydrogen) atoms. The molecule has 3 atom stereocenters. The van der Waals surface area contributed by atoms with Crippen LogP contribution in [0, 0.1) is 0 Å². The van der Waals surface area contributed by atoms with E-state index in [4.69, 9.17) is 9.47 Å². The van der Waals surface area contributed by atoms with E-state index < -0.39 is 0 Å². The maximum Gasteiger partial charge on any atom is 0.0729 e. The van der Waals surface area contributed by atoms with E-state index in [1.165, 1.54) is 135 Å². The van der Waals surface area contributed by atoms with Crippen molar-refractivity contribution < 1.29 is 9.47 Å². The summed E-state index contributed by atoms with van der Waals surface area (Å²) >= 11 is 4.13. The maximum atomic E-state index is 6.86. The van der Waals surface area contributed by atoms with Gasteiger partial charge in [-0.1, -0.05) is 112 Å². The molecule has 3 heteroatoms. The zero-order valence-corrected chi connectivity index (χ0v) is 20.5. The third-order valence-electron chi connectivity index (χ3n) is 7.53. The first-order chi connectivity index (χ1) is 14.3. The van der Waals surface area contributed by atoms with Gasteiger partial charge < -0.3 is 9.47 Å². The Bertz CT molecular complexity index is 398. The van der Waals surface area contributed by atoms with Crippen LogP contribution in [0.1, 0.15) is 135 Å². The van der Waals surface area contributed by atoms with E-state index in [2.05, 4.69) is 15.9 Å². The van der Waals surface area contributed by atoms with Crippen LogP contribution in [0.2, 0.25) is 0 Å². The second kappa shape index (κ2) is 14.5. The Morgan fingerprint density at radius 1 is 0.379 bits per heavy atom. The van der Waals surface area contributed by atoms with E-state index in [0.717, 1.165) is 0 Å². The van der Waals surface area contributed by atoms with Crippen LogP contribution in [-0.2, 0) is 9.47 Å². The summed E-state index contributed by atoms with van der Waals surface area (Å²) in [6.07, 6.45) is 29.7. The number of alkyl halides is 1. The van der Waals surface area contributed by atoms with Gasteiger partial charge in [0.1, 0.15) is 0 Å². The molecule has 0 saturated heterocycles. The molecule has 0 amide bonds. The molecule has 0 aliphatic heterocycles. The Hall–Kier alpha value is 0.400. The van der Waals surface area contributed by atoms with Crippen molar-refractivity contribution in [1.82, 2.24) is 0 Å². The van der Waals surface area contributed by atoms with Crippen LogP contribution >= 0.6 is 15.9 Å². The highest BCUT2D eigenvalue weighted by Crippen LogP contribution is 2.32. The molecule has 3 unspecified atom stereocenters. The van der Waals surface area contributed by atoms with Crippen molar-refractivity contribution in [3.63, 3.8) is 0 Å². The summed E-state index contributed by atoms with van der Waals surface area (Å²) < 4.78 is 13.7. The van der Waals surface area contributed by atoms with Gasteiger partial charge in [-0.05, 0) is 38.5 Å². The van der Waals surface area contributed by atoms with Gasteiger partial charge in [-0.3, -0.25) is 0 Å². The monoisotopic (exact) mass is 470 g/mol. The van der Waals surface area contributed by atoms with Gasteiger partial charge in [-0.15, -0.1) is 0 Å². The van der Waals surface area contributed by atoms with Gasteiger partial charge in [0.15, 0.2) is 0 Å². The molecule has 3 aliphatic carbocycles. The summed E-state index contributed by atoms with van der Waals surface area (Å²) in [5.41, 5.74) is 0. The standard InChI is InChI=1S/C26H47BrO2/c27-26-24(28-22-16-10-4-1-2-5-11-17-22)20-14-8-9-15-21-25(26)29-23-18-12-6-3-7-13-19-23/h22-26H,1-21H2. The Labute approximate surface area is 189 Å². The Morgan fingerprint density at radius 2 is 0.655 bits per heavy atom. The molecular weight excluding hydrogens is 424 g/mol. The topological polar surface area (TPSA) is 18.5 Å². The first-order valence-corrected chi connectivity index (χ1v) is 14.2. The number of hydrogen-bond acceptors (Lipinski definition) is 2. The summed E-state index contributed by atoms with van der Waals surface area (Å²) in [5.74, 6) is 0. The minimum absolute atomic E-state index is 0.331. The minimum Gasteiger partial charge on any atom is -0.374 e. The minimum atomic E-state index is 0.331. The van der Waals surface area contributed by atoms with E-state index >= 15 is 0 Å². The van der Waals surface area contributed by atoms with Crippen molar-refractivity contribution in [3.8, 4) is 0 Å². The molecule has 0 spiro atoms. The summed E-state index contributed by atoms with van der Waals surface area (Å²) in [6.45, 7) is 0. The van der Waals surface area contributed by atoms with E-state index in [1.807, 2.05) is 0 Å². The number of ether oxygens (including phenoxy) is 2. The fourth-order valence-corrected chi connectivity index (χ4v) is 6.45. The lowest BCUT2D eigenvalue weighted by Crippen LogP contribution is -2.40. The fourth-order valence-electron chi connectivity index (χ4n) is 5.67. The molecule has 3 aliphatic rings. The van der Waals surface area contributed by atoms with Crippen molar-refractivity contribution >= 4 is 15.9 Å². The van der Waals surface area contributed by atoms with Crippen LogP contribution in [0.25, 0.3) is 0 Å². The van der Waals surface area contributed by atoms with Crippen LogP contribution in [0.5, 0.6) is 0 Å². The van der Waals surface area contributed by atoms with E-state index in [1.54, 1.807) is 0 Å². The normalized spacial score (nSPS) is 33.2. The second-order valence-corrected chi connectivity index (χ2v) is 11.1. The van der Waals surface area contributed by atoms with Gasteiger partial charge in [0.05, 0.1) is 29.2 Å². The second-order valence-electron chi connectivity index (χ2n) is 10.1. The summed E-state index contributed by atoms with van der Waals surface area (Å²) in [4.78, 5) is 0.360. The average molecular weight is 472 g/mol. The Balaban J connectivity index is 1.59. The summed E-state index contributed by atoms with van der Waals surface area (Å²) in [6, 6.07) is 0. The molecule has 0 aromatic rings. The largest absolute Gasteiger partial charge is 0.374 e. The number of halogens is 1. The van der Waals surface area contributed by atoms with Crippen molar-refractivity contribution in [1.29, 1.82) is 0 Å². The lowest BCUT2D eigenvalue weighted by molar-refractivity contribution is -0.0766. The van der Waals surface area contributed by atoms with Gasteiger partial charge in [0.25, 0.3) is 0 Å². The van der Waals surface area contributed by atoms with Gasteiger partial charge in [-0.2, -0.15) is 0 Å². The maximum absolute atomic E-state index is 6.86. The van der Waals surface area contributed by atoms with Crippen LogP contribution in [-0.4, -0.2) is 29.2 Å². The lowest BCUT2D eigenvalue weighted by Gasteiger charge is -2.35. The van der Waals surface area contributed by atoms with E-state index in [-0.39, 0.29) is 0 Å². The summed E-state index contributed by atoms with van der Waals surface area (Å²) in [5, 5.41) is 0. The van der Waals surface area contributed by atoms with Gasteiger partial charge in [0, 0.05) is 0 Å². The highest BCUT2D eigenvalue weighted by Gasteiger charge is 2.33. The van der Waals surface area contributed by atoms with Crippen LogP contribution in [0.15, 0.2) is 0 Å². The van der Waals surface area contributed by atoms with Crippen LogP contribution in [0.3, 0.4) is 0 Å². The third kappa shape index (κ3) is 9.19. The molecule has 0 bridgehead atoms. The van der Waals surface area contributed by atoms with Gasteiger partial charge in [0.2, 0.25) is 0 Å². The molecule has 0 N–H and O–H groups in total. The first kappa shape index (κ1) is 24.1. The summed E-state index contributed by atoms with van der Waals surface area (Å²) in [7, 11) is 0. The molecule has 3 fully saturated rings. The predicted octanol–water partition coefficient (Wildman–Crippen LogP) is 8.49. The van der Waals surface area contributed by atoms with Crippen LogP contribution in [0.4, 0.5) is 0 Å². The molecule has 0 heterocycles. The fraction of sp³-hybridized carbons (Fsp3) is 1.00. The Morgan fingerprint density at radius 3 is 1.00 bits per heavy atom. The third-order valence-corrected chi connectivity index (χ3v) is 8.71. The molecular formula is C26H47BrO2. The molecule has 0 radical (unpaired) electrons. The molecule has 2 nitrogen and oxygen atoms in total. The van der Waals surface area contributed by atoms with Crippen molar-refractivity contribution in [2.75, 3.05) is 0 Å². The zero-order chi connectivity index (χ0) is 20.2. The number of hydrogen-bond donors (Lipinski definition) is 0. The van der Waals surface area contributed by atoms with Crippen molar-refractivity contribution in [3.05, 3.63) is 0 Å². The van der Waals surface area contributed by atoms with Crippen molar-refractivity contribution in [2.24, 2.45) is 0 Å². The SMILES string of the molecule is BrC1C(OC2CCCCCCCC2)CCCCCCC1OC1CCCCCCC1. The number of rotatable bonds is 4. The smallest absolute Gasteiger partial charge is 0.0729 e. The van der Waals surface area contributed by atoms with E-state index in [0.29, 0.717) is 29.2 Å². The molecule has 3 rings (SSSR count). The zero-order valence-electron chi connectivity index (χ0n) is 18.9. The highest BCUT2D eigenvalue weighted by molar-refractivity contribution is 9.09. The lowest BCUT2D eigenvalue weighted by atomic mass is 9.97. The molecule has 0 aromatic carbocycles. The van der Waals surface area contributed by atoms with E-state index in [9.17, 15) is 0 Å². The quantitative estimate of drug-likeness (QED) is 0.383. The molecule has 0 aromatic heterocycles. The van der Waals surface area contributed by atoms with Gasteiger partial charge in [-0.25, -0.2) is 0 Å². The Kier molecular flexibility index (Phi) is 12.0. The predicted molar refractivity (Wildman–Crippen MR) is 127 cm³/mol. The van der Waals surface area contributed by atoms with Crippen LogP contribution < -0.4 is 0 Å². The van der Waals surface area contributed by atoms with Crippen molar-refractivity contribution in [2.45, 2.75) is 164 Å². The average Bonchev–Trinajstić information content (AvgIpc) is 2.87. The molecule has 3 saturated carbocycles. The first-order valence-electron chi connectivity index (χ1n) is 13.3.